The van der Waals surface area contributed by atoms with Gasteiger partial charge in [0.05, 0.1) is 0 Å². The molecular weight excluding hydrogens is 126 g/mol. The lowest BCUT2D eigenvalue weighted by atomic mass is 9.96. The zero-order valence-corrected chi connectivity index (χ0v) is 6.52. The molecule has 56 valence electrons. The lowest BCUT2D eigenvalue weighted by Crippen LogP contribution is -2.59. The molecule has 1 N–H and O–H groups in total. The normalized spacial score (nSPS) is 22.7. The quantitative estimate of drug-likeness (QED) is 0.480. The van der Waals surface area contributed by atoms with E-state index in [1.807, 2.05) is 18.9 Å². The summed E-state index contributed by atoms with van der Waals surface area (Å²) in [5, 5.41) is 9.50. The minimum Gasteiger partial charge on any atom is -0.375 e. The average Bonchev–Trinajstić information content (AvgIpc) is 1.81. The molecule has 0 aliphatic carbocycles. The van der Waals surface area contributed by atoms with Gasteiger partial charge in [-0.25, -0.2) is 0 Å². The molecule has 1 fully saturated rings. The van der Waals surface area contributed by atoms with Crippen LogP contribution in [0.5, 0.6) is 0 Å². The van der Waals surface area contributed by atoms with Crippen molar-refractivity contribution in [2.75, 3.05) is 20.1 Å². The Morgan fingerprint density at radius 1 is 1.60 bits per heavy atom. The summed E-state index contributed by atoms with van der Waals surface area (Å²) in [5.41, 5.74) is -0.690. The van der Waals surface area contributed by atoms with E-state index < -0.39 is 5.60 Å². The molecule has 0 amide bonds. The maximum Gasteiger partial charge on any atom is 0.150 e. The third kappa shape index (κ3) is 1.50. The molecule has 1 saturated heterocycles. The van der Waals surface area contributed by atoms with E-state index in [4.69, 9.17) is 0 Å². The molecule has 0 bridgehead atoms. The minimum atomic E-state index is -0.690. The highest BCUT2D eigenvalue weighted by molar-refractivity contribution is 5.19. The summed E-state index contributed by atoms with van der Waals surface area (Å²) in [6.45, 7) is 3.37. The third-order valence-electron chi connectivity index (χ3n) is 1.56. The Kier molecular flexibility index (Phi) is 1.98. The number of rotatable bonds is 0. The third-order valence-corrected chi connectivity index (χ3v) is 1.56. The van der Waals surface area contributed by atoms with Crippen molar-refractivity contribution in [3.8, 4) is 11.8 Å². The summed E-state index contributed by atoms with van der Waals surface area (Å²) in [4.78, 5) is 2.05. The van der Waals surface area contributed by atoms with Crippen molar-refractivity contribution >= 4 is 0 Å². The summed E-state index contributed by atoms with van der Waals surface area (Å²) in [6, 6.07) is 0. The molecule has 0 aromatic heterocycles. The van der Waals surface area contributed by atoms with Crippen LogP contribution in [-0.4, -0.2) is 35.7 Å². The number of likely N-dealkylation sites (tertiary alicyclic amines) is 1. The van der Waals surface area contributed by atoms with E-state index in [2.05, 4.69) is 11.8 Å². The Bertz CT molecular complexity index is 171. The van der Waals surface area contributed by atoms with Crippen LogP contribution < -0.4 is 0 Å². The highest BCUT2D eigenvalue weighted by Crippen LogP contribution is 2.16. The van der Waals surface area contributed by atoms with Crippen LogP contribution >= 0.6 is 0 Å². The number of aliphatic hydroxyl groups is 1. The van der Waals surface area contributed by atoms with Gasteiger partial charge in [0.2, 0.25) is 0 Å². The lowest BCUT2D eigenvalue weighted by molar-refractivity contribution is -0.0388. The second-order valence-corrected chi connectivity index (χ2v) is 2.86. The van der Waals surface area contributed by atoms with E-state index in [9.17, 15) is 5.11 Å². The lowest BCUT2D eigenvalue weighted by Gasteiger charge is -2.40. The fourth-order valence-electron chi connectivity index (χ4n) is 1.18. The maximum atomic E-state index is 9.50. The molecule has 0 aromatic rings. The summed E-state index contributed by atoms with van der Waals surface area (Å²) in [7, 11) is 1.97. The van der Waals surface area contributed by atoms with Gasteiger partial charge in [-0.1, -0.05) is 12.8 Å². The van der Waals surface area contributed by atoms with Crippen LogP contribution in [-0.2, 0) is 0 Å². The van der Waals surface area contributed by atoms with Crippen LogP contribution in [0.1, 0.15) is 13.3 Å². The number of hydrogen-bond acceptors (Lipinski definition) is 2. The Morgan fingerprint density at radius 2 is 2.20 bits per heavy atom. The first kappa shape index (κ1) is 7.59. The van der Waals surface area contributed by atoms with Crippen molar-refractivity contribution in [3.05, 3.63) is 0 Å². The predicted molar refractivity (Wildman–Crippen MR) is 40.5 cm³/mol. The van der Waals surface area contributed by atoms with Gasteiger partial charge in [-0.2, -0.15) is 0 Å². The van der Waals surface area contributed by atoms with Crippen LogP contribution in [0.4, 0.5) is 0 Å². The molecule has 1 heterocycles. The van der Waals surface area contributed by atoms with Crippen molar-refractivity contribution in [1.82, 2.24) is 4.90 Å². The zero-order chi connectivity index (χ0) is 7.61. The fourth-order valence-corrected chi connectivity index (χ4v) is 1.18. The molecular formula is C8H13NO. The van der Waals surface area contributed by atoms with Gasteiger partial charge >= 0.3 is 0 Å². The van der Waals surface area contributed by atoms with E-state index in [0.29, 0.717) is 13.1 Å². The van der Waals surface area contributed by atoms with Gasteiger partial charge in [-0.05, 0) is 7.05 Å². The van der Waals surface area contributed by atoms with Crippen LogP contribution in [0.15, 0.2) is 0 Å². The first-order valence-corrected chi connectivity index (χ1v) is 3.57. The fraction of sp³-hybridized carbons (Fsp3) is 0.750. The Hall–Kier alpha value is -0.520. The Labute approximate surface area is 61.8 Å². The van der Waals surface area contributed by atoms with Gasteiger partial charge in [0.1, 0.15) is 0 Å². The summed E-state index contributed by atoms with van der Waals surface area (Å²) >= 11 is 0. The van der Waals surface area contributed by atoms with E-state index in [1.165, 1.54) is 0 Å². The van der Waals surface area contributed by atoms with Crippen LogP contribution in [0.2, 0.25) is 0 Å². The first-order chi connectivity index (χ1) is 4.66. The smallest absolute Gasteiger partial charge is 0.150 e. The van der Waals surface area contributed by atoms with Crippen molar-refractivity contribution in [1.29, 1.82) is 0 Å². The van der Waals surface area contributed by atoms with Crippen molar-refractivity contribution in [2.45, 2.75) is 18.9 Å². The van der Waals surface area contributed by atoms with Gasteiger partial charge in [0.25, 0.3) is 0 Å². The van der Waals surface area contributed by atoms with Crippen LogP contribution in [0.3, 0.4) is 0 Å². The number of likely N-dealkylation sites (N-methyl/N-ethyl adjacent to an activating group) is 1. The number of hydrogen-bond donors (Lipinski definition) is 1. The first-order valence-electron chi connectivity index (χ1n) is 3.57. The van der Waals surface area contributed by atoms with Crippen molar-refractivity contribution in [2.24, 2.45) is 0 Å². The van der Waals surface area contributed by atoms with E-state index in [1.54, 1.807) is 0 Å². The molecule has 0 spiro atoms. The van der Waals surface area contributed by atoms with Gasteiger partial charge in [-0.3, -0.25) is 4.90 Å². The zero-order valence-electron chi connectivity index (χ0n) is 6.52. The number of β-amino-alcohol motifs (C(OH)–C–C–N with tert-alkyl or cyclic N) is 1. The Balaban J connectivity index is 2.41. The molecule has 2 nitrogen and oxygen atoms in total. The SMILES string of the molecule is CCC#CC1(O)CN(C)C1. The monoisotopic (exact) mass is 139 g/mol. The van der Waals surface area contributed by atoms with Crippen molar-refractivity contribution in [3.63, 3.8) is 0 Å². The molecule has 1 rings (SSSR count). The van der Waals surface area contributed by atoms with Gasteiger partial charge in [-0.15, -0.1) is 5.92 Å². The second-order valence-electron chi connectivity index (χ2n) is 2.86. The molecule has 0 saturated carbocycles. The van der Waals surface area contributed by atoms with E-state index >= 15 is 0 Å². The minimum absolute atomic E-state index is 0.690. The highest BCUT2D eigenvalue weighted by atomic mass is 16.3. The average molecular weight is 139 g/mol. The highest BCUT2D eigenvalue weighted by Gasteiger charge is 2.36. The molecule has 1 aliphatic heterocycles. The summed E-state index contributed by atoms with van der Waals surface area (Å²) < 4.78 is 0. The summed E-state index contributed by atoms with van der Waals surface area (Å²) in [6.07, 6.45) is 0.825. The molecule has 0 atom stereocenters. The largest absolute Gasteiger partial charge is 0.375 e. The molecule has 0 aromatic carbocycles. The molecule has 1 aliphatic rings. The van der Waals surface area contributed by atoms with Gasteiger partial charge in [0.15, 0.2) is 5.60 Å². The molecule has 0 radical (unpaired) electrons. The topological polar surface area (TPSA) is 23.5 Å². The van der Waals surface area contributed by atoms with E-state index in [-0.39, 0.29) is 0 Å². The molecule has 2 heteroatoms. The van der Waals surface area contributed by atoms with Crippen molar-refractivity contribution < 1.29 is 5.11 Å². The molecule has 10 heavy (non-hydrogen) atoms. The standard InChI is InChI=1S/C8H13NO/c1-3-4-5-8(10)6-9(2)7-8/h10H,3,6-7H2,1-2H3. The second kappa shape index (κ2) is 2.61. The predicted octanol–water partition coefficient (Wildman–Crippen LogP) is 0.0763. The Morgan fingerprint density at radius 3 is 2.60 bits per heavy atom. The summed E-state index contributed by atoms with van der Waals surface area (Å²) in [5.74, 6) is 5.72. The molecule has 0 unspecified atom stereocenters. The van der Waals surface area contributed by atoms with E-state index in [0.717, 1.165) is 6.42 Å². The van der Waals surface area contributed by atoms with Crippen LogP contribution in [0.25, 0.3) is 0 Å². The van der Waals surface area contributed by atoms with Gasteiger partial charge in [0, 0.05) is 19.5 Å². The van der Waals surface area contributed by atoms with Crippen LogP contribution in [0, 0.1) is 11.8 Å². The number of nitrogens with zero attached hydrogens (tertiary/aromatic N) is 1. The maximum absolute atomic E-state index is 9.50. The van der Waals surface area contributed by atoms with Gasteiger partial charge < -0.3 is 5.11 Å².